The number of thiophene rings is 1. The van der Waals surface area contributed by atoms with Crippen LogP contribution in [0.15, 0.2) is 17.5 Å². The van der Waals surface area contributed by atoms with Gasteiger partial charge in [-0.05, 0) is 30.2 Å². The Morgan fingerprint density at radius 2 is 2.38 bits per heavy atom. The molecule has 1 aromatic heterocycles. The third kappa shape index (κ3) is 5.04. The zero-order valence-electron chi connectivity index (χ0n) is 12.6. The summed E-state index contributed by atoms with van der Waals surface area (Å²) >= 11 is 1.75. The van der Waals surface area contributed by atoms with Crippen molar-refractivity contribution < 1.29 is 9.59 Å². The molecule has 0 bridgehead atoms. The number of likely N-dealkylation sites (tertiary alicyclic amines) is 1. The number of carbonyl (C=O) groups excluding carboxylic acids is 2. The van der Waals surface area contributed by atoms with Crippen LogP contribution in [0.2, 0.25) is 0 Å². The number of rotatable bonds is 5. The van der Waals surface area contributed by atoms with E-state index in [0.717, 1.165) is 12.8 Å². The average molecular weight is 309 g/mol. The number of amides is 3. The third-order valence-corrected chi connectivity index (χ3v) is 4.60. The first kappa shape index (κ1) is 15.8. The molecule has 0 radical (unpaired) electrons. The minimum Gasteiger partial charge on any atom is -0.344 e. The maximum Gasteiger partial charge on any atom is 0.315 e. The van der Waals surface area contributed by atoms with Crippen LogP contribution in [-0.4, -0.2) is 43.0 Å². The lowest BCUT2D eigenvalue weighted by Crippen LogP contribution is -2.51. The van der Waals surface area contributed by atoms with Crippen LogP contribution < -0.4 is 10.6 Å². The molecule has 2 atom stereocenters. The SMILES string of the molecule is C[C@@H](CNC(=O)N[C@H]1CCC(=O)N(C)C1)Cc1cccs1. The van der Waals surface area contributed by atoms with E-state index >= 15 is 0 Å². The van der Waals surface area contributed by atoms with E-state index < -0.39 is 0 Å². The van der Waals surface area contributed by atoms with Gasteiger partial charge in [0.25, 0.3) is 0 Å². The average Bonchev–Trinajstić information content (AvgIpc) is 2.93. The quantitative estimate of drug-likeness (QED) is 0.872. The summed E-state index contributed by atoms with van der Waals surface area (Å²) < 4.78 is 0. The number of likely N-dealkylation sites (N-methyl/N-ethyl adjacent to an activating group) is 1. The zero-order valence-corrected chi connectivity index (χ0v) is 13.4. The fourth-order valence-corrected chi connectivity index (χ4v) is 3.35. The van der Waals surface area contributed by atoms with Gasteiger partial charge >= 0.3 is 6.03 Å². The summed E-state index contributed by atoms with van der Waals surface area (Å²) in [5, 5.41) is 7.93. The minimum atomic E-state index is -0.138. The van der Waals surface area contributed by atoms with Crippen LogP contribution in [-0.2, 0) is 11.2 Å². The van der Waals surface area contributed by atoms with E-state index in [2.05, 4.69) is 29.0 Å². The molecule has 0 aromatic carbocycles. The lowest BCUT2D eigenvalue weighted by atomic mass is 10.1. The molecule has 3 amide bonds. The fourth-order valence-electron chi connectivity index (χ4n) is 2.48. The fraction of sp³-hybridized carbons (Fsp3) is 0.600. The summed E-state index contributed by atoms with van der Waals surface area (Å²) in [6.45, 7) is 3.38. The smallest absolute Gasteiger partial charge is 0.315 e. The standard InChI is InChI=1S/C15H23N3O2S/c1-11(8-13-4-3-7-21-13)9-16-15(20)17-12-5-6-14(19)18(2)10-12/h3-4,7,11-12H,5-6,8-10H2,1-2H3,(H2,16,17,20)/t11-,12+/m1/s1. The first-order valence-electron chi connectivity index (χ1n) is 7.35. The number of carbonyl (C=O) groups is 2. The summed E-state index contributed by atoms with van der Waals surface area (Å²) in [5.74, 6) is 0.558. The molecule has 1 aliphatic rings. The van der Waals surface area contributed by atoms with Crippen molar-refractivity contribution in [3.63, 3.8) is 0 Å². The Morgan fingerprint density at radius 3 is 3.05 bits per heavy atom. The molecule has 1 saturated heterocycles. The van der Waals surface area contributed by atoms with Crippen LogP contribution in [0.4, 0.5) is 4.79 Å². The molecule has 0 unspecified atom stereocenters. The van der Waals surface area contributed by atoms with Gasteiger partial charge in [-0.25, -0.2) is 4.79 Å². The van der Waals surface area contributed by atoms with Gasteiger partial charge in [-0.2, -0.15) is 0 Å². The van der Waals surface area contributed by atoms with Gasteiger partial charge in [-0.1, -0.05) is 13.0 Å². The number of nitrogens with zero attached hydrogens (tertiary/aromatic N) is 1. The second kappa shape index (κ2) is 7.45. The van der Waals surface area contributed by atoms with Gasteiger partial charge in [-0.3, -0.25) is 4.79 Å². The summed E-state index contributed by atoms with van der Waals surface area (Å²) in [7, 11) is 1.77. The van der Waals surface area contributed by atoms with E-state index in [4.69, 9.17) is 0 Å². The third-order valence-electron chi connectivity index (χ3n) is 3.70. The lowest BCUT2D eigenvalue weighted by molar-refractivity contribution is -0.132. The van der Waals surface area contributed by atoms with Crippen LogP contribution in [0.1, 0.15) is 24.6 Å². The van der Waals surface area contributed by atoms with E-state index in [1.807, 2.05) is 6.07 Å². The van der Waals surface area contributed by atoms with Crippen molar-refractivity contribution in [2.45, 2.75) is 32.2 Å². The van der Waals surface area contributed by atoms with Gasteiger partial charge in [-0.15, -0.1) is 11.3 Å². The minimum absolute atomic E-state index is 0.0558. The van der Waals surface area contributed by atoms with Gasteiger partial charge in [0.2, 0.25) is 5.91 Å². The van der Waals surface area contributed by atoms with Gasteiger partial charge in [0.1, 0.15) is 0 Å². The number of urea groups is 1. The second-order valence-corrected chi connectivity index (χ2v) is 6.79. The number of piperidine rings is 1. The molecule has 1 aliphatic heterocycles. The first-order valence-corrected chi connectivity index (χ1v) is 8.23. The van der Waals surface area contributed by atoms with Crippen molar-refractivity contribution >= 4 is 23.3 Å². The maximum atomic E-state index is 11.9. The molecule has 0 spiro atoms. The molecule has 2 heterocycles. The highest BCUT2D eigenvalue weighted by atomic mass is 32.1. The molecule has 1 aromatic rings. The topological polar surface area (TPSA) is 61.4 Å². The van der Waals surface area contributed by atoms with E-state index in [1.54, 1.807) is 23.3 Å². The van der Waals surface area contributed by atoms with Crippen LogP contribution in [0.25, 0.3) is 0 Å². The van der Waals surface area contributed by atoms with Crippen molar-refractivity contribution in [2.24, 2.45) is 5.92 Å². The van der Waals surface area contributed by atoms with Crippen molar-refractivity contribution in [2.75, 3.05) is 20.1 Å². The zero-order chi connectivity index (χ0) is 15.2. The Hall–Kier alpha value is -1.56. The molecule has 0 aliphatic carbocycles. The highest BCUT2D eigenvalue weighted by molar-refractivity contribution is 7.09. The van der Waals surface area contributed by atoms with Gasteiger partial charge in [0.15, 0.2) is 0 Å². The molecule has 1 fully saturated rings. The summed E-state index contributed by atoms with van der Waals surface area (Å²) in [6.07, 6.45) is 2.22. The van der Waals surface area contributed by atoms with Crippen LogP contribution >= 0.6 is 11.3 Å². The largest absolute Gasteiger partial charge is 0.344 e. The van der Waals surface area contributed by atoms with Crippen molar-refractivity contribution in [1.29, 1.82) is 0 Å². The molecule has 5 nitrogen and oxygen atoms in total. The monoisotopic (exact) mass is 309 g/mol. The summed E-state index contributed by atoms with van der Waals surface area (Å²) in [5.41, 5.74) is 0. The summed E-state index contributed by atoms with van der Waals surface area (Å²) in [4.78, 5) is 26.3. The first-order chi connectivity index (χ1) is 10.0. The normalized spacial score (nSPS) is 20.2. The Labute approximate surface area is 129 Å². The van der Waals surface area contributed by atoms with Crippen molar-refractivity contribution in [3.05, 3.63) is 22.4 Å². The van der Waals surface area contributed by atoms with E-state index in [9.17, 15) is 9.59 Å². The molecular formula is C15H23N3O2S. The maximum absolute atomic E-state index is 11.9. The predicted molar refractivity (Wildman–Crippen MR) is 84.4 cm³/mol. The molecule has 0 saturated carbocycles. The second-order valence-electron chi connectivity index (χ2n) is 5.75. The Balaban J connectivity index is 1.66. The molecule has 2 rings (SSSR count). The van der Waals surface area contributed by atoms with E-state index in [-0.39, 0.29) is 18.0 Å². The Morgan fingerprint density at radius 1 is 1.57 bits per heavy atom. The van der Waals surface area contributed by atoms with Crippen LogP contribution in [0.3, 0.4) is 0 Å². The molecule has 6 heteroatoms. The number of nitrogens with one attached hydrogen (secondary N) is 2. The number of hydrogen-bond donors (Lipinski definition) is 2. The summed E-state index contributed by atoms with van der Waals surface area (Å²) in [6, 6.07) is 4.09. The molecular weight excluding hydrogens is 286 g/mol. The van der Waals surface area contributed by atoms with Gasteiger partial charge in [0, 0.05) is 37.5 Å². The van der Waals surface area contributed by atoms with Gasteiger partial charge < -0.3 is 15.5 Å². The molecule has 2 N–H and O–H groups in total. The molecule has 116 valence electrons. The van der Waals surface area contributed by atoms with E-state index in [1.165, 1.54) is 4.88 Å². The Kier molecular flexibility index (Phi) is 5.61. The van der Waals surface area contributed by atoms with Crippen molar-refractivity contribution in [3.8, 4) is 0 Å². The van der Waals surface area contributed by atoms with Crippen molar-refractivity contribution in [1.82, 2.24) is 15.5 Å². The van der Waals surface area contributed by atoms with Crippen LogP contribution in [0, 0.1) is 5.92 Å². The highest BCUT2D eigenvalue weighted by Gasteiger charge is 2.23. The number of hydrogen-bond acceptors (Lipinski definition) is 3. The van der Waals surface area contributed by atoms with Crippen LogP contribution in [0.5, 0.6) is 0 Å². The highest BCUT2D eigenvalue weighted by Crippen LogP contribution is 2.14. The Bertz CT molecular complexity index is 475. The molecule has 21 heavy (non-hydrogen) atoms. The lowest BCUT2D eigenvalue weighted by Gasteiger charge is -2.30. The van der Waals surface area contributed by atoms with Gasteiger partial charge in [0.05, 0.1) is 0 Å². The predicted octanol–water partition coefficient (Wildman–Crippen LogP) is 1.85. The van der Waals surface area contributed by atoms with E-state index in [0.29, 0.717) is 25.4 Å².